The number of nitrogens with zero attached hydrogens (tertiary/aromatic N) is 1. The van der Waals surface area contributed by atoms with Gasteiger partial charge in [-0.2, -0.15) is 0 Å². The van der Waals surface area contributed by atoms with Gasteiger partial charge in [-0.25, -0.2) is 5.84 Å². The van der Waals surface area contributed by atoms with Crippen LogP contribution < -0.4 is 16.6 Å². The molecule has 0 aliphatic heterocycles. The number of likely N-dealkylation sites (N-methyl/N-ethyl adjacent to an activating group) is 2. The molecule has 6 nitrogen and oxygen atoms in total. The van der Waals surface area contributed by atoms with Crippen LogP contribution in [0.15, 0.2) is 24.3 Å². The van der Waals surface area contributed by atoms with Crippen LogP contribution >= 0.6 is 0 Å². The lowest BCUT2D eigenvalue weighted by Gasteiger charge is -2.15. The Labute approximate surface area is 106 Å². The minimum Gasteiger partial charge on any atom is -0.358 e. The van der Waals surface area contributed by atoms with E-state index < -0.39 is 0 Å². The minimum atomic E-state index is -0.328. The highest BCUT2D eigenvalue weighted by Gasteiger charge is 2.07. The fourth-order valence-corrected chi connectivity index (χ4v) is 1.59. The third-order valence-corrected chi connectivity index (χ3v) is 2.47. The van der Waals surface area contributed by atoms with Crippen molar-refractivity contribution in [2.75, 3.05) is 20.6 Å². The predicted molar refractivity (Wildman–Crippen MR) is 68.5 cm³/mol. The van der Waals surface area contributed by atoms with E-state index in [2.05, 4.69) is 10.7 Å². The quantitative estimate of drug-likeness (QED) is 0.372. The normalized spacial score (nSPS) is 10.2. The molecule has 0 heterocycles. The summed E-state index contributed by atoms with van der Waals surface area (Å²) in [5.41, 5.74) is 3.54. The number of hydrogen-bond donors (Lipinski definition) is 3. The summed E-state index contributed by atoms with van der Waals surface area (Å²) < 4.78 is 0. The van der Waals surface area contributed by atoms with Gasteiger partial charge in [0.2, 0.25) is 5.91 Å². The van der Waals surface area contributed by atoms with E-state index in [1.165, 1.54) is 0 Å². The van der Waals surface area contributed by atoms with Crippen LogP contribution in [0.25, 0.3) is 0 Å². The van der Waals surface area contributed by atoms with Crippen molar-refractivity contribution in [3.05, 3.63) is 35.4 Å². The van der Waals surface area contributed by atoms with Crippen LogP contribution in [0.5, 0.6) is 0 Å². The van der Waals surface area contributed by atoms with Crippen LogP contribution in [-0.4, -0.2) is 37.4 Å². The first kappa shape index (κ1) is 14.1. The standard InChI is InChI=1S/C12H18N4O2/c1-14-11(17)8-16(2)7-9-4-3-5-10(6-9)12(18)15-13/h3-6H,7-8,13H2,1-2H3,(H,14,17)(H,15,18). The van der Waals surface area contributed by atoms with E-state index in [9.17, 15) is 9.59 Å². The summed E-state index contributed by atoms with van der Waals surface area (Å²) in [4.78, 5) is 24.4. The van der Waals surface area contributed by atoms with Gasteiger partial charge in [0.1, 0.15) is 0 Å². The largest absolute Gasteiger partial charge is 0.358 e. The first-order valence-electron chi connectivity index (χ1n) is 5.56. The minimum absolute atomic E-state index is 0.0478. The number of hydrazine groups is 1. The number of hydrogen-bond acceptors (Lipinski definition) is 4. The van der Waals surface area contributed by atoms with Crippen LogP contribution in [0.3, 0.4) is 0 Å². The summed E-state index contributed by atoms with van der Waals surface area (Å²) >= 11 is 0. The van der Waals surface area contributed by atoms with E-state index in [0.717, 1.165) is 5.56 Å². The molecular weight excluding hydrogens is 232 g/mol. The first-order chi connectivity index (χ1) is 8.56. The van der Waals surface area contributed by atoms with Gasteiger partial charge in [0.25, 0.3) is 5.91 Å². The summed E-state index contributed by atoms with van der Waals surface area (Å²) in [6.45, 7) is 0.892. The molecule has 0 aliphatic carbocycles. The van der Waals surface area contributed by atoms with Gasteiger partial charge in [0, 0.05) is 19.2 Å². The Morgan fingerprint density at radius 2 is 2.11 bits per heavy atom. The third-order valence-electron chi connectivity index (χ3n) is 2.47. The van der Waals surface area contributed by atoms with Crippen LogP contribution in [0, 0.1) is 0 Å². The van der Waals surface area contributed by atoms with Gasteiger partial charge < -0.3 is 5.32 Å². The molecule has 0 radical (unpaired) electrons. The number of rotatable bonds is 5. The van der Waals surface area contributed by atoms with E-state index in [4.69, 9.17) is 5.84 Å². The molecule has 0 aromatic heterocycles. The fraction of sp³-hybridized carbons (Fsp3) is 0.333. The van der Waals surface area contributed by atoms with Gasteiger partial charge in [-0.05, 0) is 24.7 Å². The third kappa shape index (κ3) is 4.15. The molecule has 18 heavy (non-hydrogen) atoms. The van der Waals surface area contributed by atoms with Gasteiger partial charge in [-0.1, -0.05) is 12.1 Å². The lowest BCUT2D eigenvalue weighted by atomic mass is 10.1. The molecule has 0 saturated heterocycles. The van der Waals surface area contributed by atoms with Crippen molar-refractivity contribution in [1.29, 1.82) is 0 Å². The van der Waals surface area contributed by atoms with Gasteiger partial charge in [0.15, 0.2) is 0 Å². The second kappa shape index (κ2) is 6.73. The van der Waals surface area contributed by atoms with Crippen LogP contribution in [0.1, 0.15) is 15.9 Å². The zero-order valence-electron chi connectivity index (χ0n) is 10.6. The molecule has 4 N–H and O–H groups in total. The van der Waals surface area contributed by atoms with Crippen LogP contribution in [-0.2, 0) is 11.3 Å². The Morgan fingerprint density at radius 1 is 1.39 bits per heavy atom. The molecule has 0 aliphatic rings. The number of benzene rings is 1. The Hall–Kier alpha value is -1.92. The van der Waals surface area contributed by atoms with E-state index >= 15 is 0 Å². The van der Waals surface area contributed by atoms with Gasteiger partial charge in [-0.3, -0.25) is 19.9 Å². The zero-order valence-corrected chi connectivity index (χ0v) is 10.6. The SMILES string of the molecule is CNC(=O)CN(C)Cc1cccc(C(=O)NN)c1. The lowest BCUT2D eigenvalue weighted by Crippen LogP contribution is -2.33. The number of carbonyl (C=O) groups is 2. The van der Waals surface area contributed by atoms with Crippen molar-refractivity contribution >= 4 is 11.8 Å². The van der Waals surface area contributed by atoms with Crippen molar-refractivity contribution in [3.63, 3.8) is 0 Å². The molecule has 0 atom stereocenters. The summed E-state index contributed by atoms with van der Waals surface area (Å²) in [5, 5.41) is 2.56. The Bertz CT molecular complexity index is 434. The smallest absolute Gasteiger partial charge is 0.265 e. The maximum atomic E-state index is 11.4. The highest BCUT2D eigenvalue weighted by atomic mass is 16.2. The van der Waals surface area contributed by atoms with Crippen molar-refractivity contribution in [2.45, 2.75) is 6.54 Å². The lowest BCUT2D eigenvalue weighted by molar-refractivity contribution is -0.121. The molecule has 0 spiro atoms. The molecule has 1 rings (SSSR count). The monoisotopic (exact) mass is 250 g/mol. The molecular formula is C12H18N4O2. The predicted octanol–water partition coefficient (Wildman–Crippen LogP) is -0.532. The van der Waals surface area contributed by atoms with Crippen molar-refractivity contribution in [3.8, 4) is 0 Å². The molecule has 2 amide bonds. The first-order valence-corrected chi connectivity index (χ1v) is 5.56. The number of nitrogens with two attached hydrogens (primary N) is 1. The Balaban J connectivity index is 2.67. The molecule has 98 valence electrons. The number of carbonyl (C=O) groups excluding carboxylic acids is 2. The van der Waals surface area contributed by atoms with Crippen LogP contribution in [0.2, 0.25) is 0 Å². The Morgan fingerprint density at radius 3 is 2.72 bits per heavy atom. The van der Waals surface area contributed by atoms with Crippen LogP contribution in [0.4, 0.5) is 0 Å². The highest BCUT2D eigenvalue weighted by molar-refractivity contribution is 5.93. The van der Waals surface area contributed by atoms with E-state index in [-0.39, 0.29) is 11.8 Å². The number of nitrogen functional groups attached to an aromatic ring is 1. The summed E-state index contributed by atoms with van der Waals surface area (Å²) in [6, 6.07) is 7.12. The number of nitrogens with one attached hydrogen (secondary N) is 2. The highest BCUT2D eigenvalue weighted by Crippen LogP contribution is 2.07. The van der Waals surface area contributed by atoms with E-state index in [1.54, 1.807) is 25.2 Å². The second-order valence-corrected chi connectivity index (χ2v) is 4.02. The summed E-state index contributed by atoms with van der Waals surface area (Å²) in [6.07, 6.45) is 0. The van der Waals surface area contributed by atoms with E-state index in [1.807, 2.05) is 18.0 Å². The average molecular weight is 250 g/mol. The fourth-order valence-electron chi connectivity index (χ4n) is 1.59. The maximum Gasteiger partial charge on any atom is 0.265 e. The number of amides is 2. The van der Waals surface area contributed by atoms with Gasteiger partial charge >= 0.3 is 0 Å². The Kier molecular flexibility index (Phi) is 5.29. The summed E-state index contributed by atoms with van der Waals surface area (Å²) in [7, 11) is 3.44. The summed E-state index contributed by atoms with van der Waals surface area (Å²) in [5.74, 6) is 4.70. The maximum absolute atomic E-state index is 11.4. The van der Waals surface area contributed by atoms with Crippen molar-refractivity contribution < 1.29 is 9.59 Å². The second-order valence-electron chi connectivity index (χ2n) is 4.02. The van der Waals surface area contributed by atoms with Crippen molar-refractivity contribution in [2.24, 2.45) is 5.84 Å². The molecule has 0 bridgehead atoms. The van der Waals surface area contributed by atoms with Crippen molar-refractivity contribution in [1.82, 2.24) is 15.6 Å². The molecule has 1 aromatic rings. The molecule has 0 saturated carbocycles. The average Bonchev–Trinajstić information content (AvgIpc) is 2.37. The topological polar surface area (TPSA) is 87.5 Å². The van der Waals surface area contributed by atoms with Gasteiger partial charge in [-0.15, -0.1) is 0 Å². The molecule has 0 unspecified atom stereocenters. The molecule has 1 aromatic carbocycles. The molecule has 0 fully saturated rings. The zero-order chi connectivity index (χ0) is 13.5. The molecule has 6 heteroatoms. The van der Waals surface area contributed by atoms with Gasteiger partial charge in [0.05, 0.1) is 6.54 Å². The van der Waals surface area contributed by atoms with E-state index in [0.29, 0.717) is 18.7 Å².